The molecule has 1 aliphatic rings. The van der Waals surface area contributed by atoms with E-state index in [1.807, 2.05) is 0 Å². The highest BCUT2D eigenvalue weighted by Crippen LogP contribution is 2.38. The van der Waals surface area contributed by atoms with Gasteiger partial charge < -0.3 is 15.3 Å². The Morgan fingerprint density at radius 1 is 0.935 bits per heavy atom. The minimum Gasteiger partial charge on any atom is -0.481 e. The normalized spacial score (nSPS) is 22.6. The molecule has 0 aromatic rings. The van der Waals surface area contributed by atoms with Crippen LogP contribution in [0.4, 0.5) is 0 Å². The molecule has 1 aliphatic carbocycles. The molecular weight excluding hydrogens is 412 g/mol. The van der Waals surface area contributed by atoms with E-state index in [0.717, 1.165) is 31.3 Å². The summed E-state index contributed by atoms with van der Waals surface area (Å²) in [6.07, 6.45) is 19.1. The second-order valence-electron chi connectivity index (χ2n) is 8.95. The van der Waals surface area contributed by atoms with Gasteiger partial charge in [-0.1, -0.05) is 82.8 Å². The molecular formula is C25H44O5S. The first-order chi connectivity index (χ1) is 15.0. The molecule has 6 heteroatoms. The minimum absolute atomic E-state index is 0.0385. The second kappa shape index (κ2) is 17.5. The highest BCUT2D eigenvalue weighted by Gasteiger charge is 2.35. The fourth-order valence-corrected chi connectivity index (χ4v) is 5.61. The largest absolute Gasteiger partial charge is 0.481 e. The molecule has 0 aromatic carbocycles. The van der Waals surface area contributed by atoms with E-state index in [0.29, 0.717) is 6.42 Å². The number of hydrogen-bond acceptors (Lipinski definition) is 4. The summed E-state index contributed by atoms with van der Waals surface area (Å²) in [6, 6.07) is 0. The van der Waals surface area contributed by atoms with Crippen molar-refractivity contribution in [3.05, 3.63) is 11.6 Å². The third-order valence-corrected chi connectivity index (χ3v) is 7.65. The Morgan fingerprint density at radius 3 is 2.06 bits per heavy atom. The number of carbonyl (C=O) groups is 2. The molecule has 31 heavy (non-hydrogen) atoms. The van der Waals surface area contributed by atoms with E-state index in [1.54, 1.807) is 0 Å². The molecule has 0 spiro atoms. The number of aliphatic carboxylic acids is 2. The maximum Gasteiger partial charge on any atom is 0.313 e. The minimum atomic E-state index is -0.880. The summed E-state index contributed by atoms with van der Waals surface area (Å²) in [6.45, 7) is 2.25. The molecule has 0 amide bonds. The topological polar surface area (TPSA) is 94.8 Å². The molecule has 0 unspecified atom stereocenters. The van der Waals surface area contributed by atoms with Crippen LogP contribution in [0.1, 0.15) is 110 Å². The van der Waals surface area contributed by atoms with Crippen molar-refractivity contribution in [1.82, 2.24) is 0 Å². The lowest BCUT2D eigenvalue weighted by molar-refractivity contribution is -0.137. The van der Waals surface area contributed by atoms with Crippen LogP contribution in [0, 0.1) is 5.92 Å². The third kappa shape index (κ3) is 13.2. The van der Waals surface area contributed by atoms with Gasteiger partial charge >= 0.3 is 11.9 Å². The van der Waals surface area contributed by atoms with Crippen LogP contribution < -0.4 is 0 Å². The molecule has 3 N–H and O–H groups in total. The van der Waals surface area contributed by atoms with Gasteiger partial charge in [0, 0.05) is 6.42 Å². The molecule has 1 fully saturated rings. The van der Waals surface area contributed by atoms with Crippen molar-refractivity contribution < 1.29 is 24.9 Å². The van der Waals surface area contributed by atoms with Gasteiger partial charge in [0.25, 0.3) is 0 Å². The molecule has 0 saturated heterocycles. The standard InChI is InChI=1S/C25H44O5S/c1-2-3-4-5-6-7-8-9-10-11-12-13-14-21-16-15-20(17-18-22(26)27)24(30)25(21)31-19-23(28)29/h14,20,24-25,30H,2-13,15-19H2,1H3,(H,26,27)(H,28,29)/b21-14+/t20-,24-,25-/m1/s1. The zero-order valence-corrected chi connectivity index (χ0v) is 20.2. The van der Waals surface area contributed by atoms with E-state index in [9.17, 15) is 14.7 Å². The third-order valence-electron chi connectivity index (χ3n) is 6.29. The van der Waals surface area contributed by atoms with E-state index < -0.39 is 18.0 Å². The first-order valence-corrected chi connectivity index (χ1v) is 13.4. The van der Waals surface area contributed by atoms with Crippen molar-refractivity contribution in [3.63, 3.8) is 0 Å². The summed E-state index contributed by atoms with van der Waals surface area (Å²) in [4.78, 5) is 21.9. The average molecular weight is 457 g/mol. The Bertz CT molecular complexity index is 534. The number of unbranched alkanes of at least 4 members (excludes halogenated alkanes) is 11. The molecule has 5 nitrogen and oxygen atoms in total. The van der Waals surface area contributed by atoms with Gasteiger partial charge in [0.2, 0.25) is 0 Å². The first kappa shape index (κ1) is 28.0. The van der Waals surface area contributed by atoms with Gasteiger partial charge in [0.1, 0.15) is 0 Å². The van der Waals surface area contributed by atoms with E-state index in [4.69, 9.17) is 10.2 Å². The molecule has 0 heterocycles. The molecule has 0 bridgehead atoms. The molecule has 180 valence electrons. The molecule has 1 saturated carbocycles. The number of aliphatic hydroxyl groups excluding tert-OH is 1. The molecule has 0 radical (unpaired) electrons. The van der Waals surface area contributed by atoms with Crippen molar-refractivity contribution in [2.24, 2.45) is 5.92 Å². The van der Waals surface area contributed by atoms with E-state index in [1.165, 1.54) is 76.0 Å². The van der Waals surface area contributed by atoms with E-state index in [-0.39, 0.29) is 23.3 Å². The number of carboxylic acid groups (broad SMARTS) is 2. The SMILES string of the molecule is CCCCCCCCCCCCC/C=C1\CC[C@H](CCC(=O)O)[C@@H](O)[C@@H]1SCC(=O)O. The van der Waals surface area contributed by atoms with E-state index in [2.05, 4.69) is 13.0 Å². The van der Waals surface area contributed by atoms with Crippen molar-refractivity contribution >= 4 is 23.7 Å². The quantitative estimate of drug-likeness (QED) is 0.162. The summed E-state index contributed by atoms with van der Waals surface area (Å²) < 4.78 is 0. The number of allylic oxidation sites excluding steroid dienone is 1. The van der Waals surface area contributed by atoms with Crippen molar-refractivity contribution in [2.45, 2.75) is 121 Å². The van der Waals surface area contributed by atoms with E-state index >= 15 is 0 Å². The average Bonchev–Trinajstić information content (AvgIpc) is 2.73. The molecule has 0 aliphatic heterocycles. The lowest BCUT2D eigenvalue weighted by Crippen LogP contribution is -2.38. The number of hydrogen-bond donors (Lipinski definition) is 3. The van der Waals surface area contributed by atoms with Crippen LogP contribution in [0.2, 0.25) is 0 Å². The Hall–Kier alpha value is -1.01. The van der Waals surface area contributed by atoms with Gasteiger partial charge in [-0.05, 0) is 38.0 Å². The number of rotatable bonds is 18. The first-order valence-electron chi connectivity index (χ1n) is 12.4. The summed E-state index contributed by atoms with van der Waals surface area (Å²) >= 11 is 1.28. The summed E-state index contributed by atoms with van der Waals surface area (Å²) in [5.41, 5.74) is 1.15. The van der Waals surface area contributed by atoms with Crippen LogP contribution >= 0.6 is 11.8 Å². The molecule has 3 atom stereocenters. The lowest BCUT2D eigenvalue weighted by Gasteiger charge is -2.36. The van der Waals surface area contributed by atoms with Crippen molar-refractivity contribution in [2.75, 3.05) is 5.75 Å². The molecule has 0 aromatic heterocycles. The Kier molecular flexibility index (Phi) is 15.9. The zero-order valence-electron chi connectivity index (χ0n) is 19.4. The summed E-state index contributed by atoms with van der Waals surface area (Å²) in [7, 11) is 0. The fourth-order valence-electron chi connectivity index (χ4n) is 4.44. The maximum absolute atomic E-state index is 11.0. The summed E-state index contributed by atoms with van der Waals surface area (Å²) in [5.74, 6) is -1.83. The van der Waals surface area contributed by atoms with Gasteiger partial charge in [-0.3, -0.25) is 9.59 Å². The highest BCUT2D eigenvalue weighted by molar-refractivity contribution is 8.00. The predicted octanol–water partition coefficient (Wildman–Crippen LogP) is 6.44. The Labute approximate surface area is 193 Å². The Balaban J connectivity index is 2.32. The molecule has 1 rings (SSSR count). The fraction of sp³-hybridized carbons (Fsp3) is 0.840. The van der Waals surface area contributed by atoms with Gasteiger partial charge in [-0.25, -0.2) is 0 Å². The van der Waals surface area contributed by atoms with Crippen LogP contribution in [-0.2, 0) is 9.59 Å². The highest BCUT2D eigenvalue weighted by atomic mass is 32.2. The number of aliphatic hydroxyl groups is 1. The van der Waals surface area contributed by atoms with Gasteiger partial charge in [0.15, 0.2) is 0 Å². The maximum atomic E-state index is 11.0. The van der Waals surface area contributed by atoms with Crippen LogP contribution in [0.3, 0.4) is 0 Å². The smallest absolute Gasteiger partial charge is 0.313 e. The van der Waals surface area contributed by atoms with Gasteiger partial charge in [-0.15, -0.1) is 11.8 Å². The monoisotopic (exact) mass is 456 g/mol. The van der Waals surface area contributed by atoms with Crippen LogP contribution in [0.5, 0.6) is 0 Å². The second-order valence-corrected chi connectivity index (χ2v) is 10.1. The Morgan fingerprint density at radius 2 is 1.52 bits per heavy atom. The predicted molar refractivity (Wildman–Crippen MR) is 129 cm³/mol. The summed E-state index contributed by atoms with van der Waals surface area (Å²) in [5, 5.41) is 28.5. The zero-order chi connectivity index (χ0) is 22.9. The van der Waals surface area contributed by atoms with Crippen molar-refractivity contribution in [1.29, 1.82) is 0 Å². The number of thioether (sulfide) groups is 1. The van der Waals surface area contributed by atoms with Crippen LogP contribution in [0.15, 0.2) is 11.6 Å². The van der Waals surface area contributed by atoms with Crippen LogP contribution in [0.25, 0.3) is 0 Å². The number of carboxylic acids is 2. The lowest BCUT2D eigenvalue weighted by atomic mass is 9.80. The van der Waals surface area contributed by atoms with Crippen molar-refractivity contribution in [3.8, 4) is 0 Å². The van der Waals surface area contributed by atoms with Gasteiger partial charge in [-0.2, -0.15) is 0 Å². The van der Waals surface area contributed by atoms with Gasteiger partial charge in [0.05, 0.1) is 17.1 Å². The van der Waals surface area contributed by atoms with Crippen LogP contribution in [-0.4, -0.2) is 44.4 Å².